The van der Waals surface area contributed by atoms with Gasteiger partial charge in [0.05, 0.1) is 12.0 Å². The van der Waals surface area contributed by atoms with Gasteiger partial charge in [-0.3, -0.25) is 4.79 Å². The smallest absolute Gasteiger partial charge is 0.196 e. The van der Waals surface area contributed by atoms with Crippen molar-refractivity contribution in [3.05, 3.63) is 39.7 Å². The number of fused-ring (bicyclic) bond motifs is 2. The van der Waals surface area contributed by atoms with Gasteiger partial charge in [0.1, 0.15) is 17.1 Å². The SMILES string of the molecule is O=c1c2c(oc3cc(OCCCN4CCCC4)ccc13)CCC2. The summed E-state index contributed by atoms with van der Waals surface area (Å²) < 4.78 is 11.8. The van der Waals surface area contributed by atoms with E-state index >= 15 is 0 Å². The molecular weight excluding hydrogens is 290 g/mol. The number of hydrogen-bond donors (Lipinski definition) is 0. The third-order valence-corrected chi connectivity index (χ3v) is 4.96. The van der Waals surface area contributed by atoms with Crippen LogP contribution in [0.2, 0.25) is 0 Å². The number of nitrogens with zero attached hydrogens (tertiary/aromatic N) is 1. The first-order valence-corrected chi connectivity index (χ1v) is 8.75. The Balaban J connectivity index is 1.44. The highest BCUT2D eigenvalue weighted by Gasteiger charge is 2.19. The molecule has 0 unspecified atom stereocenters. The predicted octanol–water partition coefficient (Wildman–Crippen LogP) is 3.15. The van der Waals surface area contributed by atoms with Crippen LogP contribution in [0.25, 0.3) is 11.0 Å². The molecule has 1 saturated heterocycles. The zero-order valence-electron chi connectivity index (χ0n) is 13.5. The van der Waals surface area contributed by atoms with Crippen LogP contribution in [0.1, 0.15) is 37.0 Å². The van der Waals surface area contributed by atoms with Crippen molar-refractivity contribution in [3.63, 3.8) is 0 Å². The minimum absolute atomic E-state index is 0.138. The van der Waals surface area contributed by atoms with Crippen LogP contribution in [-0.4, -0.2) is 31.1 Å². The van der Waals surface area contributed by atoms with E-state index < -0.39 is 0 Å². The molecule has 2 aromatic rings. The van der Waals surface area contributed by atoms with Crippen LogP contribution < -0.4 is 10.2 Å². The van der Waals surface area contributed by atoms with Crippen LogP contribution in [0.4, 0.5) is 0 Å². The van der Waals surface area contributed by atoms with Crippen molar-refractivity contribution in [1.29, 1.82) is 0 Å². The van der Waals surface area contributed by atoms with E-state index in [-0.39, 0.29) is 5.43 Å². The van der Waals surface area contributed by atoms with E-state index in [9.17, 15) is 4.79 Å². The number of rotatable bonds is 5. The average molecular weight is 313 g/mol. The molecule has 1 fully saturated rings. The summed E-state index contributed by atoms with van der Waals surface area (Å²) >= 11 is 0. The number of ether oxygens (including phenoxy) is 1. The molecule has 4 heteroatoms. The second-order valence-corrected chi connectivity index (χ2v) is 6.60. The van der Waals surface area contributed by atoms with E-state index in [0.29, 0.717) is 17.6 Å². The van der Waals surface area contributed by atoms with Gasteiger partial charge in [-0.25, -0.2) is 0 Å². The Morgan fingerprint density at radius 3 is 2.87 bits per heavy atom. The quantitative estimate of drug-likeness (QED) is 0.795. The highest BCUT2D eigenvalue weighted by molar-refractivity contribution is 5.79. The number of aryl methyl sites for hydroxylation is 1. The summed E-state index contributed by atoms with van der Waals surface area (Å²) in [5.41, 5.74) is 1.67. The zero-order chi connectivity index (χ0) is 15.6. The lowest BCUT2D eigenvalue weighted by atomic mass is 10.1. The van der Waals surface area contributed by atoms with Crippen molar-refractivity contribution in [1.82, 2.24) is 4.90 Å². The van der Waals surface area contributed by atoms with Gasteiger partial charge in [-0.15, -0.1) is 0 Å². The fraction of sp³-hybridized carbons (Fsp3) is 0.526. The molecule has 1 aliphatic heterocycles. The normalized spacial score (nSPS) is 17.7. The first-order valence-electron chi connectivity index (χ1n) is 8.75. The molecule has 0 N–H and O–H groups in total. The molecule has 0 radical (unpaired) electrons. The van der Waals surface area contributed by atoms with E-state index in [4.69, 9.17) is 9.15 Å². The predicted molar refractivity (Wildman–Crippen MR) is 90.3 cm³/mol. The van der Waals surface area contributed by atoms with Crippen molar-refractivity contribution >= 4 is 11.0 Å². The molecule has 2 aliphatic rings. The Bertz CT molecular complexity index is 759. The molecule has 0 bridgehead atoms. The summed E-state index contributed by atoms with van der Waals surface area (Å²) in [6.45, 7) is 4.27. The Hall–Kier alpha value is -1.81. The zero-order valence-corrected chi connectivity index (χ0v) is 13.5. The average Bonchev–Trinajstić information content (AvgIpc) is 3.23. The molecule has 23 heavy (non-hydrogen) atoms. The second-order valence-electron chi connectivity index (χ2n) is 6.60. The third kappa shape index (κ3) is 3.00. The maximum atomic E-state index is 12.4. The van der Waals surface area contributed by atoms with Gasteiger partial charge in [0.15, 0.2) is 5.43 Å². The third-order valence-electron chi connectivity index (χ3n) is 4.96. The van der Waals surface area contributed by atoms with Crippen LogP contribution in [0, 0.1) is 0 Å². The maximum Gasteiger partial charge on any atom is 0.196 e. The molecular formula is C19H23NO3. The molecule has 2 heterocycles. The number of hydrogen-bond acceptors (Lipinski definition) is 4. The van der Waals surface area contributed by atoms with Gasteiger partial charge in [-0.05, 0) is 57.3 Å². The summed E-state index contributed by atoms with van der Waals surface area (Å²) in [7, 11) is 0. The molecule has 1 aliphatic carbocycles. The summed E-state index contributed by atoms with van der Waals surface area (Å²) in [5.74, 6) is 1.66. The Morgan fingerprint density at radius 2 is 2.00 bits per heavy atom. The van der Waals surface area contributed by atoms with Gasteiger partial charge in [-0.2, -0.15) is 0 Å². The van der Waals surface area contributed by atoms with Gasteiger partial charge in [0.2, 0.25) is 0 Å². The topological polar surface area (TPSA) is 42.7 Å². The van der Waals surface area contributed by atoms with Gasteiger partial charge in [0.25, 0.3) is 0 Å². The summed E-state index contributed by atoms with van der Waals surface area (Å²) in [4.78, 5) is 14.9. The van der Waals surface area contributed by atoms with Crippen LogP contribution in [0.5, 0.6) is 5.75 Å². The molecule has 4 nitrogen and oxygen atoms in total. The number of likely N-dealkylation sites (tertiary alicyclic amines) is 1. The van der Waals surface area contributed by atoms with Gasteiger partial charge < -0.3 is 14.1 Å². The molecule has 4 rings (SSSR count). The lowest BCUT2D eigenvalue weighted by molar-refractivity contribution is 0.263. The van der Waals surface area contributed by atoms with Gasteiger partial charge in [0, 0.05) is 24.6 Å². The fourth-order valence-corrected chi connectivity index (χ4v) is 3.71. The lowest BCUT2D eigenvalue weighted by Gasteiger charge is -2.14. The van der Waals surface area contributed by atoms with Crippen LogP contribution >= 0.6 is 0 Å². The Labute approximate surface area is 136 Å². The largest absolute Gasteiger partial charge is 0.493 e. The highest BCUT2D eigenvalue weighted by atomic mass is 16.5. The van der Waals surface area contributed by atoms with Crippen molar-refractivity contribution in [2.45, 2.75) is 38.5 Å². The summed E-state index contributed by atoms with van der Waals surface area (Å²) in [5, 5.41) is 0.676. The molecule has 0 amide bonds. The molecule has 1 aromatic heterocycles. The van der Waals surface area contributed by atoms with Crippen molar-refractivity contribution in [2.75, 3.05) is 26.2 Å². The Kier molecular flexibility index (Phi) is 4.08. The Morgan fingerprint density at radius 1 is 1.13 bits per heavy atom. The first kappa shape index (κ1) is 14.8. The van der Waals surface area contributed by atoms with Crippen molar-refractivity contribution < 1.29 is 9.15 Å². The second kappa shape index (κ2) is 6.36. The van der Waals surface area contributed by atoms with Gasteiger partial charge in [-0.1, -0.05) is 0 Å². The first-order chi connectivity index (χ1) is 11.3. The highest BCUT2D eigenvalue weighted by Crippen LogP contribution is 2.26. The molecule has 122 valence electrons. The van der Waals surface area contributed by atoms with E-state index in [1.807, 2.05) is 18.2 Å². The summed E-state index contributed by atoms with van der Waals surface area (Å²) in [6.07, 6.45) is 6.43. The fourth-order valence-electron chi connectivity index (χ4n) is 3.71. The minimum Gasteiger partial charge on any atom is -0.493 e. The monoisotopic (exact) mass is 313 g/mol. The van der Waals surface area contributed by atoms with Crippen LogP contribution in [-0.2, 0) is 12.8 Å². The van der Waals surface area contributed by atoms with Crippen LogP contribution in [0.15, 0.2) is 27.4 Å². The molecule has 1 aromatic carbocycles. The van der Waals surface area contributed by atoms with E-state index in [1.165, 1.54) is 25.9 Å². The number of benzene rings is 1. The maximum absolute atomic E-state index is 12.4. The molecule has 0 atom stereocenters. The van der Waals surface area contributed by atoms with Crippen LogP contribution in [0.3, 0.4) is 0 Å². The molecule has 0 saturated carbocycles. The van der Waals surface area contributed by atoms with Crippen molar-refractivity contribution in [3.8, 4) is 5.75 Å². The summed E-state index contributed by atoms with van der Waals surface area (Å²) in [6, 6.07) is 5.59. The minimum atomic E-state index is 0.138. The van der Waals surface area contributed by atoms with Crippen molar-refractivity contribution in [2.24, 2.45) is 0 Å². The van der Waals surface area contributed by atoms with Gasteiger partial charge >= 0.3 is 0 Å². The van der Waals surface area contributed by atoms with E-state index in [2.05, 4.69) is 4.90 Å². The lowest BCUT2D eigenvalue weighted by Crippen LogP contribution is -2.21. The van der Waals surface area contributed by atoms with E-state index in [0.717, 1.165) is 49.3 Å². The van der Waals surface area contributed by atoms with E-state index in [1.54, 1.807) is 0 Å². The standard InChI is InChI=1S/C19H23NO3/c21-19-15-5-3-6-17(15)23-18-13-14(7-8-16(18)19)22-12-4-11-20-9-1-2-10-20/h7-8,13H,1-6,9-12H2. The molecule has 0 spiro atoms.